The fourth-order valence-corrected chi connectivity index (χ4v) is 2.60. The zero-order valence-electron chi connectivity index (χ0n) is 14.2. The highest BCUT2D eigenvalue weighted by molar-refractivity contribution is 6.34. The molecule has 1 aromatic heterocycles. The van der Waals surface area contributed by atoms with E-state index in [9.17, 15) is 18.4 Å². The van der Waals surface area contributed by atoms with E-state index in [0.717, 1.165) is 5.56 Å². The van der Waals surface area contributed by atoms with Gasteiger partial charge in [-0.05, 0) is 29.8 Å². The molecule has 0 saturated carbocycles. The average Bonchev–Trinajstić information content (AvgIpc) is 3.11. The standard InChI is InChI=1S/C18H14ClF2N5O2/c19-12-6-14(21)13(20)5-11(12)17(27)24-16-7-15(25-26-16)18(28)23-8-9-2-1-3-10(22)4-9/h1-7H,8,22H2,(H,23,28)(H2,24,25,26,27). The minimum Gasteiger partial charge on any atom is -0.399 e. The first-order valence-corrected chi connectivity index (χ1v) is 8.35. The van der Waals surface area contributed by atoms with Crippen LogP contribution in [0.5, 0.6) is 0 Å². The highest BCUT2D eigenvalue weighted by Crippen LogP contribution is 2.21. The third-order valence-corrected chi connectivity index (χ3v) is 4.04. The summed E-state index contributed by atoms with van der Waals surface area (Å²) >= 11 is 5.76. The number of aromatic amines is 1. The fraction of sp³-hybridized carbons (Fsp3) is 0.0556. The van der Waals surface area contributed by atoms with E-state index in [1.54, 1.807) is 24.3 Å². The molecule has 3 aromatic rings. The van der Waals surface area contributed by atoms with Gasteiger partial charge < -0.3 is 16.4 Å². The van der Waals surface area contributed by atoms with Crippen molar-refractivity contribution in [2.24, 2.45) is 0 Å². The van der Waals surface area contributed by atoms with Crippen molar-refractivity contribution in [1.29, 1.82) is 0 Å². The van der Waals surface area contributed by atoms with Gasteiger partial charge in [-0.2, -0.15) is 5.10 Å². The number of nitrogens with zero attached hydrogens (tertiary/aromatic N) is 1. The van der Waals surface area contributed by atoms with Crippen molar-refractivity contribution >= 4 is 34.9 Å². The second-order valence-corrected chi connectivity index (χ2v) is 6.20. The molecule has 7 nitrogen and oxygen atoms in total. The van der Waals surface area contributed by atoms with Gasteiger partial charge in [0.15, 0.2) is 17.5 Å². The number of aromatic nitrogens is 2. The average molecular weight is 406 g/mol. The minimum absolute atomic E-state index is 0.0138. The number of hydrogen-bond acceptors (Lipinski definition) is 4. The monoisotopic (exact) mass is 405 g/mol. The molecule has 144 valence electrons. The van der Waals surface area contributed by atoms with Gasteiger partial charge in [0, 0.05) is 18.3 Å². The number of halogens is 3. The Kier molecular flexibility index (Phi) is 5.55. The van der Waals surface area contributed by atoms with Gasteiger partial charge in [0.25, 0.3) is 11.8 Å². The molecule has 0 bridgehead atoms. The van der Waals surface area contributed by atoms with Crippen LogP contribution in [-0.2, 0) is 6.54 Å². The Bertz CT molecular complexity index is 1050. The van der Waals surface area contributed by atoms with E-state index < -0.39 is 23.4 Å². The Morgan fingerprint density at radius 2 is 1.86 bits per heavy atom. The number of nitrogens with one attached hydrogen (secondary N) is 3. The molecule has 28 heavy (non-hydrogen) atoms. The van der Waals surface area contributed by atoms with Crippen LogP contribution in [0.2, 0.25) is 5.02 Å². The first-order valence-electron chi connectivity index (χ1n) is 7.97. The summed E-state index contributed by atoms with van der Waals surface area (Å²) in [6.45, 7) is 0.245. The summed E-state index contributed by atoms with van der Waals surface area (Å²) in [7, 11) is 0. The lowest BCUT2D eigenvalue weighted by molar-refractivity contribution is 0.0945. The summed E-state index contributed by atoms with van der Waals surface area (Å²) in [6, 6.07) is 9.70. The van der Waals surface area contributed by atoms with E-state index in [1.807, 2.05) is 0 Å². The summed E-state index contributed by atoms with van der Waals surface area (Å²) in [5.41, 5.74) is 6.90. The maximum atomic E-state index is 13.3. The van der Waals surface area contributed by atoms with E-state index in [4.69, 9.17) is 17.3 Å². The van der Waals surface area contributed by atoms with Crippen LogP contribution in [0.3, 0.4) is 0 Å². The summed E-state index contributed by atoms with van der Waals surface area (Å²) in [6.07, 6.45) is 0. The normalized spacial score (nSPS) is 10.5. The van der Waals surface area contributed by atoms with Crippen LogP contribution in [0.1, 0.15) is 26.4 Å². The van der Waals surface area contributed by atoms with Crippen LogP contribution in [0.25, 0.3) is 0 Å². The molecule has 10 heteroatoms. The largest absolute Gasteiger partial charge is 0.399 e. The summed E-state index contributed by atoms with van der Waals surface area (Å²) in [5, 5.41) is 11.0. The van der Waals surface area contributed by atoms with Crippen LogP contribution >= 0.6 is 11.6 Å². The van der Waals surface area contributed by atoms with Crippen LogP contribution < -0.4 is 16.4 Å². The maximum absolute atomic E-state index is 13.3. The molecule has 0 fully saturated rings. The van der Waals surface area contributed by atoms with Crippen molar-refractivity contribution in [1.82, 2.24) is 15.5 Å². The van der Waals surface area contributed by atoms with E-state index in [2.05, 4.69) is 20.8 Å². The summed E-state index contributed by atoms with van der Waals surface area (Å²) in [4.78, 5) is 24.3. The Labute approximate surface area is 162 Å². The van der Waals surface area contributed by atoms with Gasteiger partial charge in [0.2, 0.25) is 0 Å². The Morgan fingerprint density at radius 1 is 1.11 bits per heavy atom. The Balaban J connectivity index is 1.64. The van der Waals surface area contributed by atoms with Crippen molar-refractivity contribution in [3.8, 4) is 0 Å². The van der Waals surface area contributed by atoms with Crippen molar-refractivity contribution in [3.05, 3.63) is 75.9 Å². The van der Waals surface area contributed by atoms with Gasteiger partial charge in [-0.3, -0.25) is 14.7 Å². The molecule has 5 N–H and O–H groups in total. The number of benzene rings is 2. The zero-order chi connectivity index (χ0) is 20.3. The molecular formula is C18H14ClF2N5O2. The molecule has 0 aliphatic carbocycles. The topological polar surface area (TPSA) is 113 Å². The van der Waals surface area contributed by atoms with Crippen LogP contribution in [0.4, 0.5) is 20.3 Å². The third-order valence-electron chi connectivity index (χ3n) is 3.72. The number of hydrogen-bond donors (Lipinski definition) is 4. The van der Waals surface area contributed by atoms with Gasteiger partial charge in [0.1, 0.15) is 5.69 Å². The number of nitrogen functional groups attached to an aromatic ring is 1. The molecule has 0 atom stereocenters. The summed E-state index contributed by atoms with van der Waals surface area (Å²) in [5.74, 6) is -3.62. The van der Waals surface area contributed by atoms with Crippen molar-refractivity contribution in [2.75, 3.05) is 11.1 Å². The molecule has 0 radical (unpaired) electrons. The van der Waals surface area contributed by atoms with E-state index in [0.29, 0.717) is 17.8 Å². The lowest BCUT2D eigenvalue weighted by Gasteiger charge is -2.05. The summed E-state index contributed by atoms with van der Waals surface area (Å²) < 4.78 is 26.4. The quantitative estimate of drug-likeness (QED) is 0.386. The zero-order valence-corrected chi connectivity index (χ0v) is 15.0. The third kappa shape index (κ3) is 4.44. The lowest BCUT2D eigenvalue weighted by Crippen LogP contribution is -2.23. The predicted molar refractivity (Wildman–Crippen MR) is 99.9 cm³/mol. The van der Waals surface area contributed by atoms with E-state index >= 15 is 0 Å². The maximum Gasteiger partial charge on any atom is 0.269 e. The molecule has 0 aliphatic heterocycles. The predicted octanol–water partition coefficient (Wildman–Crippen LogP) is 3.11. The minimum atomic E-state index is -1.21. The molecule has 0 unspecified atom stereocenters. The number of carbonyl (C=O) groups is 2. The van der Waals surface area contributed by atoms with Crippen molar-refractivity contribution in [3.63, 3.8) is 0 Å². The van der Waals surface area contributed by atoms with Gasteiger partial charge in [-0.15, -0.1) is 0 Å². The molecule has 2 aromatic carbocycles. The van der Waals surface area contributed by atoms with Crippen LogP contribution in [-0.4, -0.2) is 22.0 Å². The molecular weight excluding hydrogens is 392 g/mol. The smallest absolute Gasteiger partial charge is 0.269 e. The first kappa shape index (κ1) is 19.3. The van der Waals surface area contributed by atoms with Crippen LogP contribution in [0, 0.1) is 11.6 Å². The first-order chi connectivity index (χ1) is 13.3. The molecule has 0 aliphatic rings. The molecule has 0 spiro atoms. The van der Waals surface area contributed by atoms with Crippen LogP contribution in [0.15, 0.2) is 42.5 Å². The van der Waals surface area contributed by atoms with Gasteiger partial charge in [-0.25, -0.2) is 8.78 Å². The SMILES string of the molecule is Nc1cccc(CNC(=O)c2cc(NC(=O)c3cc(F)c(F)cc3Cl)n[nH]2)c1. The molecule has 0 saturated heterocycles. The molecule has 2 amide bonds. The van der Waals surface area contributed by atoms with Gasteiger partial charge >= 0.3 is 0 Å². The number of carbonyl (C=O) groups excluding carboxylic acids is 2. The lowest BCUT2D eigenvalue weighted by atomic mass is 10.2. The second-order valence-electron chi connectivity index (χ2n) is 5.79. The number of H-pyrrole nitrogens is 1. The fourth-order valence-electron chi connectivity index (χ4n) is 2.36. The highest BCUT2D eigenvalue weighted by atomic mass is 35.5. The molecule has 1 heterocycles. The molecule has 3 rings (SSSR count). The number of rotatable bonds is 5. The Hall–Kier alpha value is -3.46. The van der Waals surface area contributed by atoms with Gasteiger partial charge in [0.05, 0.1) is 10.6 Å². The highest BCUT2D eigenvalue weighted by Gasteiger charge is 2.17. The number of anilines is 2. The van der Waals surface area contributed by atoms with E-state index in [1.165, 1.54) is 6.07 Å². The van der Waals surface area contributed by atoms with E-state index in [-0.39, 0.29) is 28.6 Å². The van der Waals surface area contributed by atoms with Crippen molar-refractivity contribution < 1.29 is 18.4 Å². The second kappa shape index (κ2) is 8.05. The van der Waals surface area contributed by atoms with Gasteiger partial charge in [-0.1, -0.05) is 23.7 Å². The number of nitrogens with two attached hydrogens (primary N) is 1. The Morgan fingerprint density at radius 3 is 2.61 bits per heavy atom. The number of amides is 2. The van der Waals surface area contributed by atoms with Crippen molar-refractivity contribution in [2.45, 2.75) is 6.54 Å².